The molecule has 4 nitrogen and oxygen atoms in total. The van der Waals surface area contributed by atoms with Crippen molar-refractivity contribution in [3.05, 3.63) is 48.7 Å². The predicted octanol–water partition coefficient (Wildman–Crippen LogP) is 2.57. The number of aliphatic imine (C=N–C) groups is 1. The molecule has 2 rings (SSSR count). The summed E-state index contributed by atoms with van der Waals surface area (Å²) >= 11 is 0. The van der Waals surface area contributed by atoms with Crippen LogP contribution in [0.4, 0.5) is 0 Å². The van der Waals surface area contributed by atoms with Crippen LogP contribution in [-0.4, -0.2) is 54.1 Å². The molecule has 0 amide bonds. The quantitative estimate of drug-likeness (QED) is 0.578. The van der Waals surface area contributed by atoms with Gasteiger partial charge in [-0.15, -0.1) is 0 Å². The summed E-state index contributed by atoms with van der Waals surface area (Å²) in [5.41, 5.74) is 2.20. The second kappa shape index (κ2) is 7.90. The van der Waals surface area contributed by atoms with Crippen molar-refractivity contribution in [3.63, 3.8) is 0 Å². The van der Waals surface area contributed by atoms with Gasteiger partial charge in [-0.05, 0) is 24.5 Å². The maximum absolute atomic E-state index is 10.9. The van der Waals surface area contributed by atoms with Gasteiger partial charge in [0.2, 0.25) is 0 Å². The molecule has 0 N–H and O–H groups in total. The van der Waals surface area contributed by atoms with Crippen molar-refractivity contribution in [3.8, 4) is 0 Å². The molecule has 0 aromatic rings. The molecule has 0 radical (unpaired) electrons. The lowest BCUT2D eigenvalue weighted by Gasteiger charge is -2.38. The first-order chi connectivity index (χ1) is 10.7. The smallest absolute Gasteiger partial charge is 0.136 e. The first kappa shape index (κ1) is 16.4. The second-order valence-corrected chi connectivity index (χ2v) is 5.72. The standard InChI is InChI=1S/C18H25N3O/c1-4-5-6-15(2)17-7-8-18(19-13-17)21-11-9-20(10-12-21)16(3)14-22/h4-6,13-14,16H,1-2,7-12H2,3H3/b6-5-. The van der Waals surface area contributed by atoms with Crippen molar-refractivity contribution in [2.75, 3.05) is 26.2 Å². The van der Waals surface area contributed by atoms with Gasteiger partial charge in [0.15, 0.2) is 0 Å². The van der Waals surface area contributed by atoms with Gasteiger partial charge in [0.1, 0.15) is 12.1 Å². The lowest BCUT2D eigenvalue weighted by Crippen LogP contribution is -2.51. The number of nitrogens with zero attached hydrogens (tertiary/aromatic N) is 3. The lowest BCUT2D eigenvalue weighted by atomic mass is 10.0. The highest BCUT2D eigenvalue weighted by Gasteiger charge is 2.23. The number of piperazine rings is 1. The van der Waals surface area contributed by atoms with E-state index in [0.717, 1.165) is 56.7 Å². The highest BCUT2D eigenvalue weighted by atomic mass is 16.1. The molecule has 1 atom stereocenters. The molecule has 0 bridgehead atoms. The Balaban J connectivity index is 1.93. The van der Waals surface area contributed by atoms with Crippen LogP contribution in [0.5, 0.6) is 0 Å². The fraction of sp³-hybridized carbons (Fsp3) is 0.444. The molecule has 1 unspecified atom stereocenters. The van der Waals surface area contributed by atoms with Crippen molar-refractivity contribution < 1.29 is 4.79 Å². The summed E-state index contributed by atoms with van der Waals surface area (Å²) < 4.78 is 0. The summed E-state index contributed by atoms with van der Waals surface area (Å²) in [5, 5.41) is 0. The molecule has 1 fully saturated rings. The monoisotopic (exact) mass is 299 g/mol. The normalized spacial score (nSPS) is 21.2. The molecule has 22 heavy (non-hydrogen) atoms. The van der Waals surface area contributed by atoms with E-state index in [-0.39, 0.29) is 6.04 Å². The fourth-order valence-electron chi connectivity index (χ4n) is 2.78. The van der Waals surface area contributed by atoms with Gasteiger partial charge in [0.05, 0.1) is 6.04 Å². The third-order valence-electron chi connectivity index (χ3n) is 4.29. The van der Waals surface area contributed by atoms with E-state index in [1.807, 2.05) is 25.3 Å². The number of carbonyl (C=O) groups excluding carboxylic acids is 1. The number of allylic oxidation sites excluding steroid dienone is 5. The SMILES string of the molecule is C=C/C=C\C(=C)C1=CN=C(N2CCN(C(C)C=O)CC2)CC1. The highest BCUT2D eigenvalue weighted by molar-refractivity contribution is 5.84. The molecule has 0 saturated carbocycles. The molecule has 2 aliphatic rings. The predicted molar refractivity (Wildman–Crippen MR) is 91.9 cm³/mol. The third kappa shape index (κ3) is 4.04. The molecule has 0 aromatic carbocycles. The van der Waals surface area contributed by atoms with E-state index in [9.17, 15) is 4.79 Å². The highest BCUT2D eigenvalue weighted by Crippen LogP contribution is 2.22. The average Bonchev–Trinajstić information content (AvgIpc) is 2.59. The summed E-state index contributed by atoms with van der Waals surface area (Å²) in [7, 11) is 0. The number of rotatable bonds is 5. The second-order valence-electron chi connectivity index (χ2n) is 5.72. The average molecular weight is 299 g/mol. The molecular formula is C18H25N3O. The van der Waals surface area contributed by atoms with Crippen molar-refractivity contribution in [1.29, 1.82) is 0 Å². The van der Waals surface area contributed by atoms with Crippen molar-refractivity contribution >= 4 is 12.1 Å². The van der Waals surface area contributed by atoms with E-state index in [1.165, 1.54) is 5.57 Å². The van der Waals surface area contributed by atoms with Crippen molar-refractivity contribution in [2.45, 2.75) is 25.8 Å². The largest absolute Gasteiger partial charge is 0.357 e. The topological polar surface area (TPSA) is 35.9 Å². The Morgan fingerprint density at radius 3 is 2.59 bits per heavy atom. The van der Waals surface area contributed by atoms with E-state index in [4.69, 9.17) is 0 Å². The Hall–Kier alpha value is -1.94. The minimum atomic E-state index is 0.0157. The van der Waals surface area contributed by atoms with Gasteiger partial charge in [0.25, 0.3) is 0 Å². The molecule has 2 aliphatic heterocycles. The van der Waals surface area contributed by atoms with Gasteiger partial charge in [-0.2, -0.15) is 0 Å². The van der Waals surface area contributed by atoms with Crippen LogP contribution in [0.1, 0.15) is 19.8 Å². The molecule has 118 valence electrons. The summed E-state index contributed by atoms with van der Waals surface area (Å²) in [6.07, 6.45) is 10.5. The van der Waals surface area contributed by atoms with E-state index in [1.54, 1.807) is 6.08 Å². The molecule has 1 saturated heterocycles. The number of hydrogen-bond acceptors (Lipinski definition) is 4. The summed E-state index contributed by atoms with van der Waals surface area (Å²) in [6, 6.07) is 0.0157. The summed E-state index contributed by atoms with van der Waals surface area (Å²) in [5.74, 6) is 1.16. The Bertz CT molecular complexity index is 522. The van der Waals surface area contributed by atoms with Gasteiger partial charge in [-0.25, -0.2) is 4.99 Å². The minimum Gasteiger partial charge on any atom is -0.357 e. The zero-order valence-corrected chi connectivity index (χ0v) is 13.4. The van der Waals surface area contributed by atoms with Crippen LogP contribution in [0.25, 0.3) is 0 Å². The molecular weight excluding hydrogens is 274 g/mol. The number of aldehydes is 1. The van der Waals surface area contributed by atoms with Crippen LogP contribution in [0.3, 0.4) is 0 Å². The molecule has 0 aliphatic carbocycles. The summed E-state index contributed by atoms with van der Waals surface area (Å²) in [4.78, 5) is 20.0. The van der Waals surface area contributed by atoms with Crippen LogP contribution < -0.4 is 0 Å². The summed E-state index contributed by atoms with van der Waals surface area (Å²) in [6.45, 7) is 13.4. The maximum atomic E-state index is 10.9. The lowest BCUT2D eigenvalue weighted by molar-refractivity contribution is -0.112. The molecule has 0 spiro atoms. The zero-order valence-electron chi connectivity index (χ0n) is 13.4. The Morgan fingerprint density at radius 2 is 2.05 bits per heavy atom. The Kier molecular flexibility index (Phi) is 5.90. The van der Waals surface area contributed by atoms with Crippen LogP contribution >= 0.6 is 0 Å². The van der Waals surface area contributed by atoms with E-state index < -0.39 is 0 Å². The van der Waals surface area contributed by atoms with Gasteiger partial charge in [0, 0.05) is 38.8 Å². The van der Waals surface area contributed by atoms with Gasteiger partial charge in [-0.3, -0.25) is 4.90 Å². The van der Waals surface area contributed by atoms with Crippen LogP contribution in [0.2, 0.25) is 0 Å². The van der Waals surface area contributed by atoms with Crippen LogP contribution in [-0.2, 0) is 4.79 Å². The fourth-order valence-corrected chi connectivity index (χ4v) is 2.78. The van der Waals surface area contributed by atoms with Crippen LogP contribution in [0.15, 0.2) is 53.7 Å². The van der Waals surface area contributed by atoms with E-state index >= 15 is 0 Å². The number of carbonyl (C=O) groups is 1. The molecule has 0 aromatic heterocycles. The van der Waals surface area contributed by atoms with E-state index in [0.29, 0.717) is 0 Å². The molecule has 4 heteroatoms. The number of amidine groups is 1. The zero-order chi connectivity index (χ0) is 15.9. The van der Waals surface area contributed by atoms with E-state index in [2.05, 4.69) is 28.0 Å². The van der Waals surface area contributed by atoms with Gasteiger partial charge >= 0.3 is 0 Å². The maximum Gasteiger partial charge on any atom is 0.136 e. The minimum absolute atomic E-state index is 0.0157. The third-order valence-corrected chi connectivity index (χ3v) is 4.29. The first-order valence-corrected chi connectivity index (χ1v) is 7.84. The Morgan fingerprint density at radius 1 is 1.32 bits per heavy atom. The molecule has 2 heterocycles. The van der Waals surface area contributed by atoms with Gasteiger partial charge in [-0.1, -0.05) is 31.4 Å². The van der Waals surface area contributed by atoms with Crippen molar-refractivity contribution in [2.24, 2.45) is 4.99 Å². The van der Waals surface area contributed by atoms with Crippen LogP contribution in [0, 0.1) is 0 Å². The van der Waals surface area contributed by atoms with Crippen molar-refractivity contribution in [1.82, 2.24) is 9.80 Å². The number of hydrogen-bond donors (Lipinski definition) is 0. The van der Waals surface area contributed by atoms with Gasteiger partial charge < -0.3 is 9.69 Å². The Labute approximate surface area is 133 Å². The first-order valence-electron chi connectivity index (χ1n) is 7.84.